The Kier molecular flexibility index (Phi) is 2.67. The summed E-state index contributed by atoms with van der Waals surface area (Å²) in [4.78, 5) is 25.0. The van der Waals surface area contributed by atoms with Crippen molar-refractivity contribution in [2.75, 3.05) is 6.61 Å². The van der Waals surface area contributed by atoms with Crippen LogP contribution in [-0.2, 0) is 13.5 Å². The summed E-state index contributed by atoms with van der Waals surface area (Å²) in [6.07, 6.45) is 0.273. The first-order valence-electron chi connectivity index (χ1n) is 3.97. The fourth-order valence-corrected chi connectivity index (χ4v) is 1.18. The number of aromatic amines is 1. The Balaban J connectivity index is 3.44. The molecule has 1 aromatic rings. The molecule has 1 heterocycles. The zero-order valence-electron chi connectivity index (χ0n) is 7.63. The molecule has 0 radical (unpaired) electrons. The van der Waals surface area contributed by atoms with Gasteiger partial charge < -0.3 is 10.1 Å². The number of rotatable bonds is 2. The van der Waals surface area contributed by atoms with Crippen LogP contribution in [-0.4, -0.2) is 21.3 Å². The normalized spacial score (nSPS) is 10.4. The van der Waals surface area contributed by atoms with E-state index in [2.05, 4.69) is 4.98 Å². The number of aliphatic hydroxyl groups excluding tert-OH is 1. The molecule has 0 atom stereocenters. The van der Waals surface area contributed by atoms with Crippen molar-refractivity contribution in [2.45, 2.75) is 13.3 Å². The number of aromatic nitrogens is 2. The van der Waals surface area contributed by atoms with Crippen molar-refractivity contribution in [3.05, 3.63) is 32.1 Å². The number of H-pyrrole nitrogens is 1. The fourth-order valence-electron chi connectivity index (χ4n) is 1.18. The predicted octanol–water partition coefficient (Wildman–Crippen LogP) is -1.08. The minimum Gasteiger partial charge on any atom is -0.396 e. The smallest absolute Gasteiger partial charge is 0.328 e. The summed E-state index contributed by atoms with van der Waals surface area (Å²) in [6, 6.07) is 0. The van der Waals surface area contributed by atoms with Crippen LogP contribution in [0, 0.1) is 6.92 Å². The number of aryl methyl sites for hydroxylation is 1. The molecular formula is C8H12N2O3. The lowest BCUT2D eigenvalue weighted by atomic mass is 10.2. The topological polar surface area (TPSA) is 75.1 Å². The van der Waals surface area contributed by atoms with Gasteiger partial charge >= 0.3 is 5.69 Å². The Morgan fingerprint density at radius 1 is 1.46 bits per heavy atom. The van der Waals surface area contributed by atoms with Crippen LogP contribution in [0.5, 0.6) is 0 Å². The van der Waals surface area contributed by atoms with E-state index in [1.807, 2.05) is 0 Å². The van der Waals surface area contributed by atoms with Crippen molar-refractivity contribution in [3.63, 3.8) is 0 Å². The van der Waals surface area contributed by atoms with Gasteiger partial charge in [0.1, 0.15) is 0 Å². The van der Waals surface area contributed by atoms with Crippen LogP contribution in [0.25, 0.3) is 0 Å². The van der Waals surface area contributed by atoms with Gasteiger partial charge in [0.05, 0.1) is 0 Å². The summed E-state index contributed by atoms with van der Waals surface area (Å²) in [5.74, 6) is 0. The van der Waals surface area contributed by atoms with Gasteiger partial charge in [0, 0.05) is 31.3 Å². The van der Waals surface area contributed by atoms with Crippen LogP contribution in [0.4, 0.5) is 0 Å². The van der Waals surface area contributed by atoms with Gasteiger partial charge in [-0.2, -0.15) is 0 Å². The molecule has 5 heteroatoms. The number of hydrogen-bond acceptors (Lipinski definition) is 3. The molecular weight excluding hydrogens is 172 g/mol. The minimum atomic E-state index is -0.427. The van der Waals surface area contributed by atoms with Gasteiger partial charge in [-0.25, -0.2) is 4.79 Å². The molecule has 5 nitrogen and oxygen atoms in total. The van der Waals surface area contributed by atoms with E-state index < -0.39 is 5.69 Å². The van der Waals surface area contributed by atoms with Crippen molar-refractivity contribution in [1.82, 2.24) is 9.55 Å². The largest absolute Gasteiger partial charge is 0.396 e. The lowest BCUT2D eigenvalue weighted by Gasteiger charge is -2.04. The summed E-state index contributed by atoms with van der Waals surface area (Å²) in [7, 11) is 1.40. The third-order valence-corrected chi connectivity index (χ3v) is 1.98. The van der Waals surface area contributed by atoms with Gasteiger partial charge in [0.2, 0.25) is 0 Å². The maximum atomic E-state index is 11.4. The van der Waals surface area contributed by atoms with E-state index in [0.29, 0.717) is 11.3 Å². The van der Waals surface area contributed by atoms with E-state index in [-0.39, 0.29) is 18.6 Å². The molecule has 1 aromatic heterocycles. The highest BCUT2D eigenvalue weighted by Crippen LogP contribution is 1.95. The molecule has 2 N–H and O–H groups in total. The van der Waals surface area contributed by atoms with Gasteiger partial charge in [0.15, 0.2) is 0 Å². The second kappa shape index (κ2) is 3.57. The third-order valence-electron chi connectivity index (χ3n) is 1.98. The average Bonchev–Trinajstić information content (AvgIpc) is 2.09. The molecule has 13 heavy (non-hydrogen) atoms. The van der Waals surface area contributed by atoms with Crippen LogP contribution in [0.1, 0.15) is 11.3 Å². The maximum Gasteiger partial charge on any atom is 0.328 e. The summed E-state index contributed by atoms with van der Waals surface area (Å²) >= 11 is 0. The SMILES string of the molecule is Cc1[nH]c(=O)n(C)c(=O)c1CCO. The Morgan fingerprint density at radius 3 is 2.62 bits per heavy atom. The lowest BCUT2D eigenvalue weighted by molar-refractivity contribution is 0.298. The Hall–Kier alpha value is -1.36. The van der Waals surface area contributed by atoms with Crippen LogP contribution < -0.4 is 11.2 Å². The fraction of sp³-hybridized carbons (Fsp3) is 0.500. The van der Waals surface area contributed by atoms with Crippen LogP contribution in [0.2, 0.25) is 0 Å². The molecule has 0 aliphatic heterocycles. The first kappa shape index (κ1) is 9.73. The maximum absolute atomic E-state index is 11.4. The quantitative estimate of drug-likeness (QED) is 0.613. The lowest BCUT2D eigenvalue weighted by Crippen LogP contribution is -2.36. The predicted molar refractivity (Wildman–Crippen MR) is 47.8 cm³/mol. The standard InChI is InChI=1S/C8H12N2O3/c1-5-6(3-4-11)7(12)10(2)8(13)9-5/h11H,3-4H2,1-2H3,(H,9,13). The van der Waals surface area contributed by atoms with Gasteiger partial charge in [0.25, 0.3) is 5.56 Å². The molecule has 0 saturated heterocycles. The molecule has 0 amide bonds. The van der Waals surface area contributed by atoms with Crippen molar-refractivity contribution >= 4 is 0 Å². The molecule has 0 fully saturated rings. The number of aliphatic hydroxyl groups is 1. The van der Waals surface area contributed by atoms with Crippen LogP contribution in [0.15, 0.2) is 9.59 Å². The second-order valence-electron chi connectivity index (χ2n) is 2.87. The summed E-state index contributed by atoms with van der Waals surface area (Å²) < 4.78 is 0.998. The molecule has 1 rings (SSSR count). The van der Waals surface area contributed by atoms with Crippen LogP contribution in [0.3, 0.4) is 0 Å². The van der Waals surface area contributed by atoms with E-state index in [1.54, 1.807) is 6.92 Å². The molecule has 72 valence electrons. The van der Waals surface area contributed by atoms with Crippen molar-refractivity contribution in [2.24, 2.45) is 7.05 Å². The Morgan fingerprint density at radius 2 is 2.08 bits per heavy atom. The Labute approximate surface area is 74.7 Å². The van der Waals surface area contributed by atoms with E-state index >= 15 is 0 Å². The molecule has 0 saturated carbocycles. The molecule has 0 aliphatic rings. The van der Waals surface area contributed by atoms with Gasteiger partial charge in [-0.3, -0.25) is 9.36 Å². The zero-order chi connectivity index (χ0) is 10.0. The second-order valence-corrected chi connectivity index (χ2v) is 2.87. The minimum absolute atomic E-state index is 0.0951. The molecule has 0 spiro atoms. The molecule has 0 bridgehead atoms. The third kappa shape index (κ3) is 1.70. The number of nitrogens with zero attached hydrogens (tertiary/aromatic N) is 1. The summed E-state index contributed by atoms with van der Waals surface area (Å²) in [6.45, 7) is 1.55. The molecule has 0 unspecified atom stereocenters. The highest BCUT2D eigenvalue weighted by Gasteiger charge is 2.07. The molecule has 0 aliphatic carbocycles. The summed E-state index contributed by atoms with van der Waals surface area (Å²) in [5.41, 5.74) is 0.228. The van der Waals surface area contributed by atoms with Gasteiger partial charge in [-0.05, 0) is 6.92 Å². The van der Waals surface area contributed by atoms with Crippen molar-refractivity contribution < 1.29 is 5.11 Å². The van der Waals surface area contributed by atoms with Gasteiger partial charge in [-0.1, -0.05) is 0 Å². The zero-order valence-corrected chi connectivity index (χ0v) is 7.63. The number of hydrogen-bond donors (Lipinski definition) is 2. The van der Waals surface area contributed by atoms with Crippen LogP contribution >= 0.6 is 0 Å². The first-order chi connectivity index (χ1) is 6.07. The van der Waals surface area contributed by atoms with E-state index in [9.17, 15) is 9.59 Å². The highest BCUT2D eigenvalue weighted by molar-refractivity contribution is 5.15. The average molecular weight is 184 g/mol. The summed E-state index contributed by atoms with van der Waals surface area (Å²) in [5, 5.41) is 8.69. The van der Waals surface area contributed by atoms with Crippen molar-refractivity contribution in [1.29, 1.82) is 0 Å². The van der Waals surface area contributed by atoms with E-state index in [1.165, 1.54) is 7.05 Å². The van der Waals surface area contributed by atoms with E-state index in [0.717, 1.165) is 4.57 Å². The van der Waals surface area contributed by atoms with Crippen molar-refractivity contribution in [3.8, 4) is 0 Å². The Bertz CT molecular complexity index is 416. The molecule has 0 aromatic carbocycles. The van der Waals surface area contributed by atoms with E-state index in [4.69, 9.17) is 5.11 Å². The van der Waals surface area contributed by atoms with Gasteiger partial charge in [-0.15, -0.1) is 0 Å². The first-order valence-corrected chi connectivity index (χ1v) is 3.97. The number of nitrogens with one attached hydrogen (secondary N) is 1. The monoisotopic (exact) mass is 184 g/mol. The highest BCUT2D eigenvalue weighted by atomic mass is 16.3.